The lowest BCUT2D eigenvalue weighted by Crippen LogP contribution is -2.27. The fraction of sp³-hybridized carbons (Fsp3) is 0.692. The molecule has 1 aliphatic rings. The first-order chi connectivity index (χ1) is 8.31. The highest BCUT2D eigenvalue weighted by atomic mass is 16.5. The SMILES string of the molecule is CCC1CCCC(Nc2nccc(OC)n2)C1. The van der Waals surface area contributed by atoms with Gasteiger partial charge in [0.05, 0.1) is 7.11 Å². The zero-order valence-electron chi connectivity index (χ0n) is 10.6. The molecule has 1 aromatic heterocycles. The molecule has 4 heteroatoms. The van der Waals surface area contributed by atoms with Crippen LogP contribution >= 0.6 is 0 Å². The third-order valence-electron chi connectivity index (χ3n) is 3.53. The number of hydrogen-bond donors (Lipinski definition) is 1. The molecule has 0 amide bonds. The molecule has 1 aromatic rings. The Morgan fingerprint density at radius 1 is 1.47 bits per heavy atom. The smallest absolute Gasteiger partial charge is 0.226 e. The maximum absolute atomic E-state index is 5.10. The Kier molecular flexibility index (Phi) is 4.18. The minimum atomic E-state index is 0.515. The van der Waals surface area contributed by atoms with E-state index in [0.29, 0.717) is 17.9 Å². The fourth-order valence-corrected chi connectivity index (χ4v) is 2.50. The van der Waals surface area contributed by atoms with Gasteiger partial charge in [-0.05, 0) is 18.8 Å². The van der Waals surface area contributed by atoms with Gasteiger partial charge in [0, 0.05) is 18.3 Å². The van der Waals surface area contributed by atoms with Crippen LogP contribution in [0.5, 0.6) is 5.88 Å². The fourth-order valence-electron chi connectivity index (χ4n) is 2.50. The Morgan fingerprint density at radius 3 is 3.12 bits per heavy atom. The van der Waals surface area contributed by atoms with E-state index in [1.807, 2.05) is 0 Å². The van der Waals surface area contributed by atoms with Crippen LogP contribution in [0.4, 0.5) is 5.95 Å². The molecule has 17 heavy (non-hydrogen) atoms. The highest BCUT2D eigenvalue weighted by Crippen LogP contribution is 2.28. The maximum atomic E-state index is 5.10. The molecule has 0 radical (unpaired) electrons. The average molecular weight is 235 g/mol. The van der Waals surface area contributed by atoms with E-state index in [9.17, 15) is 0 Å². The number of ether oxygens (including phenoxy) is 1. The molecule has 1 N–H and O–H groups in total. The van der Waals surface area contributed by atoms with Crippen molar-refractivity contribution in [2.45, 2.75) is 45.1 Å². The van der Waals surface area contributed by atoms with Crippen LogP contribution in [0.2, 0.25) is 0 Å². The first kappa shape index (κ1) is 12.1. The Bertz CT molecular complexity index is 356. The molecule has 94 valence electrons. The first-order valence-electron chi connectivity index (χ1n) is 6.45. The Morgan fingerprint density at radius 2 is 2.35 bits per heavy atom. The van der Waals surface area contributed by atoms with Gasteiger partial charge in [0.2, 0.25) is 11.8 Å². The van der Waals surface area contributed by atoms with Crippen molar-refractivity contribution in [3.63, 3.8) is 0 Å². The molecule has 0 aromatic carbocycles. The molecule has 1 saturated carbocycles. The van der Waals surface area contributed by atoms with Crippen molar-refractivity contribution in [2.75, 3.05) is 12.4 Å². The van der Waals surface area contributed by atoms with Crippen molar-refractivity contribution in [1.29, 1.82) is 0 Å². The van der Waals surface area contributed by atoms with Crippen LogP contribution in [-0.4, -0.2) is 23.1 Å². The van der Waals surface area contributed by atoms with Crippen LogP contribution < -0.4 is 10.1 Å². The number of aromatic nitrogens is 2. The zero-order chi connectivity index (χ0) is 12.1. The second kappa shape index (κ2) is 5.84. The van der Waals surface area contributed by atoms with Gasteiger partial charge in [0.15, 0.2) is 0 Å². The maximum Gasteiger partial charge on any atom is 0.226 e. The summed E-state index contributed by atoms with van der Waals surface area (Å²) in [7, 11) is 1.62. The molecule has 0 saturated heterocycles. The Hall–Kier alpha value is -1.32. The molecular weight excluding hydrogens is 214 g/mol. The second-order valence-electron chi connectivity index (χ2n) is 4.70. The van der Waals surface area contributed by atoms with Crippen LogP contribution in [0.1, 0.15) is 39.0 Å². The molecule has 2 unspecified atom stereocenters. The molecule has 1 fully saturated rings. The summed E-state index contributed by atoms with van der Waals surface area (Å²) < 4.78 is 5.10. The van der Waals surface area contributed by atoms with Crippen LogP contribution in [0.25, 0.3) is 0 Å². The van der Waals surface area contributed by atoms with Gasteiger partial charge >= 0.3 is 0 Å². The summed E-state index contributed by atoms with van der Waals surface area (Å²) in [6.45, 7) is 2.27. The molecule has 1 heterocycles. The van der Waals surface area contributed by atoms with Gasteiger partial charge in [-0.1, -0.05) is 26.2 Å². The van der Waals surface area contributed by atoms with Gasteiger partial charge in [0.1, 0.15) is 0 Å². The lowest BCUT2D eigenvalue weighted by atomic mass is 9.84. The van der Waals surface area contributed by atoms with Crippen molar-refractivity contribution >= 4 is 5.95 Å². The second-order valence-corrected chi connectivity index (χ2v) is 4.70. The van der Waals surface area contributed by atoms with E-state index in [0.717, 1.165) is 5.92 Å². The van der Waals surface area contributed by atoms with E-state index in [1.54, 1.807) is 19.4 Å². The van der Waals surface area contributed by atoms with Gasteiger partial charge in [-0.2, -0.15) is 4.98 Å². The average Bonchev–Trinajstić information content (AvgIpc) is 2.39. The van der Waals surface area contributed by atoms with Gasteiger partial charge < -0.3 is 10.1 Å². The normalized spacial score (nSPS) is 24.4. The van der Waals surface area contributed by atoms with E-state index < -0.39 is 0 Å². The molecule has 0 spiro atoms. The quantitative estimate of drug-likeness (QED) is 0.871. The number of anilines is 1. The zero-order valence-corrected chi connectivity index (χ0v) is 10.6. The van der Waals surface area contributed by atoms with E-state index in [4.69, 9.17) is 4.74 Å². The molecule has 1 aliphatic carbocycles. The molecule has 4 nitrogen and oxygen atoms in total. The van der Waals surface area contributed by atoms with Crippen LogP contribution in [-0.2, 0) is 0 Å². The predicted octanol–water partition coefficient (Wildman–Crippen LogP) is 2.87. The monoisotopic (exact) mass is 235 g/mol. The van der Waals surface area contributed by atoms with Gasteiger partial charge in [-0.3, -0.25) is 0 Å². The van der Waals surface area contributed by atoms with Crippen molar-refractivity contribution in [1.82, 2.24) is 9.97 Å². The number of nitrogens with one attached hydrogen (secondary N) is 1. The number of rotatable bonds is 4. The minimum absolute atomic E-state index is 0.515. The van der Waals surface area contributed by atoms with E-state index >= 15 is 0 Å². The largest absolute Gasteiger partial charge is 0.481 e. The van der Waals surface area contributed by atoms with Crippen LogP contribution in [0.3, 0.4) is 0 Å². The third-order valence-corrected chi connectivity index (χ3v) is 3.53. The van der Waals surface area contributed by atoms with Crippen molar-refractivity contribution in [2.24, 2.45) is 5.92 Å². The standard InChI is InChI=1S/C13H21N3O/c1-3-10-5-4-6-11(9-10)15-13-14-8-7-12(16-13)17-2/h7-8,10-11H,3-6,9H2,1-2H3,(H,14,15,16). The number of hydrogen-bond acceptors (Lipinski definition) is 4. The van der Waals surface area contributed by atoms with Crippen molar-refractivity contribution in [3.8, 4) is 5.88 Å². The summed E-state index contributed by atoms with van der Waals surface area (Å²) >= 11 is 0. The predicted molar refractivity (Wildman–Crippen MR) is 68.2 cm³/mol. The molecule has 0 aliphatic heterocycles. The Labute approximate surface area is 103 Å². The Balaban J connectivity index is 1.95. The van der Waals surface area contributed by atoms with E-state index in [-0.39, 0.29) is 0 Å². The summed E-state index contributed by atoms with van der Waals surface area (Å²) in [5.41, 5.74) is 0. The lowest BCUT2D eigenvalue weighted by molar-refractivity contribution is 0.326. The molecule has 2 rings (SSSR count). The van der Waals surface area contributed by atoms with E-state index in [2.05, 4.69) is 22.2 Å². The topological polar surface area (TPSA) is 47.0 Å². The van der Waals surface area contributed by atoms with Gasteiger partial charge in [-0.25, -0.2) is 4.98 Å². The van der Waals surface area contributed by atoms with Crippen molar-refractivity contribution in [3.05, 3.63) is 12.3 Å². The summed E-state index contributed by atoms with van der Waals surface area (Å²) in [6.07, 6.45) is 8.13. The highest BCUT2D eigenvalue weighted by Gasteiger charge is 2.21. The molecular formula is C13H21N3O. The van der Waals surface area contributed by atoms with Gasteiger partial charge in [0.25, 0.3) is 0 Å². The number of methoxy groups -OCH3 is 1. The summed E-state index contributed by atoms with van der Waals surface area (Å²) in [6, 6.07) is 2.28. The third kappa shape index (κ3) is 3.32. The summed E-state index contributed by atoms with van der Waals surface area (Å²) in [4.78, 5) is 8.52. The van der Waals surface area contributed by atoms with Gasteiger partial charge in [-0.15, -0.1) is 0 Å². The molecule has 0 bridgehead atoms. The summed E-state index contributed by atoms with van der Waals surface area (Å²) in [5.74, 6) is 2.16. The highest BCUT2D eigenvalue weighted by molar-refractivity contribution is 5.28. The molecule has 2 atom stereocenters. The van der Waals surface area contributed by atoms with Crippen LogP contribution in [0, 0.1) is 5.92 Å². The lowest BCUT2D eigenvalue weighted by Gasteiger charge is -2.29. The first-order valence-corrected chi connectivity index (χ1v) is 6.45. The van der Waals surface area contributed by atoms with Crippen LogP contribution in [0.15, 0.2) is 12.3 Å². The summed E-state index contributed by atoms with van der Waals surface area (Å²) in [5, 5.41) is 3.42. The van der Waals surface area contributed by atoms with Crippen molar-refractivity contribution < 1.29 is 4.74 Å². The number of nitrogens with zero attached hydrogens (tertiary/aromatic N) is 2. The minimum Gasteiger partial charge on any atom is -0.481 e. The van der Waals surface area contributed by atoms with E-state index in [1.165, 1.54) is 32.1 Å².